The minimum atomic E-state index is -0.104. The molecule has 1 heteroatoms. The smallest absolute Gasteiger partial charge is 0.127 e. The molecule has 0 aliphatic rings. The summed E-state index contributed by atoms with van der Waals surface area (Å²) in [5, 5.41) is 2.19. The second kappa shape index (κ2) is 4.93. The molecule has 0 aliphatic heterocycles. The van der Waals surface area contributed by atoms with E-state index in [9.17, 15) is 4.39 Å². The average molecular weight is 242 g/mol. The molecule has 0 saturated heterocycles. The lowest BCUT2D eigenvalue weighted by Gasteiger charge is -2.15. The van der Waals surface area contributed by atoms with Gasteiger partial charge in [0.2, 0.25) is 0 Å². The van der Waals surface area contributed by atoms with Crippen molar-refractivity contribution in [3.63, 3.8) is 0 Å². The number of hydrogen-bond donors (Lipinski definition) is 0. The van der Waals surface area contributed by atoms with E-state index in [4.69, 9.17) is 0 Å². The van der Waals surface area contributed by atoms with Crippen molar-refractivity contribution in [2.75, 3.05) is 0 Å². The van der Waals surface area contributed by atoms with Crippen LogP contribution in [0.3, 0.4) is 0 Å². The van der Waals surface area contributed by atoms with Crippen molar-refractivity contribution in [2.24, 2.45) is 0 Å². The zero-order chi connectivity index (χ0) is 13.3. The molecule has 0 saturated carbocycles. The molecule has 0 spiro atoms. The zero-order valence-electron chi connectivity index (χ0n) is 11.3. The summed E-state index contributed by atoms with van der Waals surface area (Å²) in [5.41, 5.74) is 4.40. The largest absolute Gasteiger partial charge is 0.207 e. The second-order valence-electron chi connectivity index (χ2n) is 4.61. The van der Waals surface area contributed by atoms with Gasteiger partial charge >= 0.3 is 0 Å². The van der Waals surface area contributed by atoms with E-state index in [0.717, 1.165) is 33.9 Å². The summed E-state index contributed by atoms with van der Waals surface area (Å²) in [6, 6.07) is 5.62. The van der Waals surface area contributed by atoms with E-state index in [1.54, 1.807) is 6.07 Å². The lowest BCUT2D eigenvalue weighted by atomic mass is 9.90. The van der Waals surface area contributed by atoms with Gasteiger partial charge in [-0.25, -0.2) is 4.39 Å². The maximum atomic E-state index is 13.9. The van der Waals surface area contributed by atoms with Gasteiger partial charge in [-0.3, -0.25) is 0 Å². The van der Waals surface area contributed by atoms with Crippen LogP contribution >= 0.6 is 0 Å². The first kappa shape index (κ1) is 12.8. The molecule has 2 aromatic carbocycles. The van der Waals surface area contributed by atoms with Crippen molar-refractivity contribution < 1.29 is 4.39 Å². The summed E-state index contributed by atoms with van der Waals surface area (Å²) in [5.74, 6) is -0.104. The molecular formula is C17H19F. The summed E-state index contributed by atoms with van der Waals surface area (Å²) in [6.07, 6.45) is 3.57. The normalized spacial score (nSPS) is 10.9. The SMILES string of the molecule is C=Cc1c(CC)cc2ccc(F)c(CC)c2c1C. The molecule has 0 aliphatic carbocycles. The molecule has 0 radical (unpaired) electrons. The van der Waals surface area contributed by atoms with Crippen LogP contribution in [0.25, 0.3) is 16.8 Å². The third kappa shape index (κ3) is 1.84. The van der Waals surface area contributed by atoms with Gasteiger partial charge in [-0.2, -0.15) is 0 Å². The van der Waals surface area contributed by atoms with Crippen LogP contribution in [0, 0.1) is 12.7 Å². The Morgan fingerprint density at radius 3 is 2.50 bits per heavy atom. The van der Waals surface area contributed by atoms with Crippen molar-refractivity contribution in [3.8, 4) is 0 Å². The lowest BCUT2D eigenvalue weighted by Crippen LogP contribution is -1.97. The first-order valence-corrected chi connectivity index (χ1v) is 6.50. The third-order valence-electron chi connectivity index (χ3n) is 3.68. The van der Waals surface area contributed by atoms with Gasteiger partial charge in [0, 0.05) is 0 Å². The summed E-state index contributed by atoms with van der Waals surface area (Å²) in [6.45, 7) is 10.1. The van der Waals surface area contributed by atoms with E-state index < -0.39 is 0 Å². The van der Waals surface area contributed by atoms with Crippen LogP contribution < -0.4 is 0 Å². The molecule has 94 valence electrons. The minimum Gasteiger partial charge on any atom is -0.207 e. The molecule has 0 heterocycles. The van der Waals surface area contributed by atoms with Crippen LogP contribution in [0.1, 0.15) is 36.1 Å². The Balaban J connectivity index is 2.95. The summed E-state index contributed by atoms with van der Waals surface area (Å²) in [4.78, 5) is 0. The van der Waals surface area contributed by atoms with Crippen LogP contribution in [0.15, 0.2) is 24.8 Å². The summed E-state index contributed by atoms with van der Waals surface area (Å²) >= 11 is 0. The maximum Gasteiger partial charge on any atom is 0.127 e. The molecule has 0 atom stereocenters. The number of fused-ring (bicyclic) bond motifs is 1. The van der Waals surface area contributed by atoms with E-state index in [1.807, 2.05) is 19.1 Å². The molecule has 0 fully saturated rings. The molecule has 0 nitrogen and oxygen atoms in total. The Bertz CT molecular complexity index is 609. The highest BCUT2D eigenvalue weighted by molar-refractivity contribution is 5.92. The van der Waals surface area contributed by atoms with Gasteiger partial charge in [0.05, 0.1) is 0 Å². The van der Waals surface area contributed by atoms with Gasteiger partial charge < -0.3 is 0 Å². The number of halogens is 1. The second-order valence-corrected chi connectivity index (χ2v) is 4.61. The fourth-order valence-corrected chi connectivity index (χ4v) is 2.77. The molecule has 0 bridgehead atoms. The van der Waals surface area contributed by atoms with E-state index in [-0.39, 0.29) is 5.82 Å². The van der Waals surface area contributed by atoms with E-state index >= 15 is 0 Å². The van der Waals surface area contributed by atoms with Crippen molar-refractivity contribution in [3.05, 3.63) is 52.8 Å². The van der Waals surface area contributed by atoms with Crippen molar-refractivity contribution in [1.29, 1.82) is 0 Å². The molecule has 2 rings (SSSR count). The summed E-state index contributed by atoms with van der Waals surface area (Å²) in [7, 11) is 0. The van der Waals surface area contributed by atoms with Gasteiger partial charge in [0.1, 0.15) is 5.82 Å². The monoisotopic (exact) mass is 242 g/mol. The summed E-state index contributed by atoms with van der Waals surface area (Å²) < 4.78 is 13.9. The van der Waals surface area contributed by atoms with E-state index in [1.165, 1.54) is 5.56 Å². The number of aryl methyl sites for hydroxylation is 3. The highest BCUT2D eigenvalue weighted by Gasteiger charge is 2.12. The van der Waals surface area contributed by atoms with Crippen LogP contribution in [0.5, 0.6) is 0 Å². The Labute approximate surface area is 108 Å². The van der Waals surface area contributed by atoms with Crippen molar-refractivity contribution in [2.45, 2.75) is 33.6 Å². The number of benzene rings is 2. The molecule has 0 aromatic heterocycles. The highest BCUT2D eigenvalue weighted by Crippen LogP contribution is 2.31. The third-order valence-corrected chi connectivity index (χ3v) is 3.68. The fraction of sp³-hybridized carbons (Fsp3) is 0.294. The van der Waals surface area contributed by atoms with Crippen LogP contribution in [-0.4, -0.2) is 0 Å². The zero-order valence-corrected chi connectivity index (χ0v) is 11.3. The topological polar surface area (TPSA) is 0 Å². The quantitative estimate of drug-likeness (QED) is 0.706. The average Bonchev–Trinajstić information content (AvgIpc) is 2.38. The predicted molar refractivity (Wildman–Crippen MR) is 77.5 cm³/mol. The standard InChI is InChI=1S/C17H19F/c1-5-12-10-13-8-9-16(18)15(7-3)17(13)11(4)14(12)6-2/h6,8-10H,2,5,7H2,1,3-4H3. The molecular weight excluding hydrogens is 223 g/mol. The Morgan fingerprint density at radius 2 is 1.94 bits per heavy atom. The minimum absolute atomic E-state index is 0.104. The van der Waals surface area contributed by atoms with Gasteiger partial charge in [0.25, 0.3) is 0 Å². The van der Waals surface area contributed by atoms with Gasteiger partial charge in [-0.05, 0) is 58.9 Å². The van der Waals surface area contributed by atoms with Gasteiger partial charge in [-0.15, -0.1) is 0 Å². The van der Waals surface area contributed by atoms with Crippen LogP contribution in [0.2, 0.25) is 0 Å². The predicted octanol–water partition coefficient (Wildman–Crippen LogP) is 5.06. The highest BCUT2D eigenvalue weighted by atomic mass is 19.1. The molecule has 0 N–H and O–H groups in total. The van der Waals surface area contributed by atoms with E-state index in [2.05, 4.69) is 26.5 Å². The lowest BCUT2D eigenvalue weighted by molar-refractivity contribution is 0.615. The van der Waals surface area contributed by atoms with Gasteiger partial charge in [-0.1, -0.05) is 38.6 Å². The van der Waals surface area contributed by atoms with E-state index in [0.29, 0.717) is 6.42 Å². The van der Waals surface area contributed by atoms with Crippen LogP contribution in [0.4, 0.5) is 4.39 Å². The Kier molecular flexibility index (Phi) is 3.51. The molecule has 0 unspecified atom stereocenters. The molecule has 0 amide bonds. The van der Waals surface area contributed by atoms with Crippen molar-refractivity contribution in [1.82, 2.24) is 0 Å². The maximum absolute atomic E-state index is 13.9. The molecule has 18 heavy (non-hydrogen) atoms. The first-order valence-electron chi connectivity index (χ1n) is 6.50. The number of rotatable bonds is 3. The van der Waals surface area contributed by atoms with Crippen molar-refractivity contribution >= 4 is 16.8 Å². The van der Waals surface area contributed by atoms with Gasteiger partial charge in [0.15, 0.2) is 0 Å². The molecule has 2 aromatic rings. The Morgan fingerprint density at radius 1 is 1.22 bits per heavy atom. The Hall–Kier alpha value is -1.63. The first-order chi connectivity index (χ1) is 8.63. The fourth-order valence-electron chi connectivity index (χ4n) is 2.77. The van der Waals surface area contributed by atoms with Crippen LogP contribution in [-0.2, 0) is 12.8 Å². The number of hydrogen-bond acceptors (Lipinski definition) is 0.